The van der Waals surface area contributed by atoms with E-state index in [2.05, 4.69) is 45.0 Å². The highest BCUT2D eigenvalue weighted by Gasteiger charge is 2.19. The van der Waals surface area contributed by atoms with Crippen LogP contribution in [-0.2, 0) is 0 Å². The zero-order chi connectivity index (χ0) is 13.2. The van der Waals surface area contributed by atoms with E-state index >= 15 is 0 Å². The first kappa shape index (κ1) is 14.6. The maximum atomic E-state index is 5.32. The zero-order valence-corrected chi connectivity index (χ0v) is 13.0. The van der Waals surface area contributed by atoms with Gasteiger partial charge in [0.05, 0.1) is 20.4 Å². The molecule has 0 aliphatic carbocycles. The maximum absolute atomic E-state index is 5.32. The fourth-order valence-corrected chi connectivity index (χ4v) is 2.33. The molecule has 0 amide bonds. The standard InChI is InChI=1S/C13H22N2S2/c1-6-14-9-10(12(17)11(9)16)15(5)8-7-13(2,3)4/h14H,6-8H2,1-5H3. The predicted molar refractivity (Wildman–Crippen MR) is 82.0 cm³/mol. The Morgan fingerprint density at radius 1 is 1.18 bits per heavy atom. The Morgan fingerprint density at radius 3 is 2.24 bits per heavy atom. The minimum atomic E-state index is 0.346. The van der Waals surface area contributed by atoms with Gasteiger partial charge in [0.15, 0.2) is 0 Å². The third-order valence-corrected chi connectivity index (χ3v) is 3.75. The monoisotopic (exact) mass is 270 g/mol. The van der Waals surface area contributed by atoms with Crippen LogP contribution in [0.4, 0.5) is 11.4 Å². The van der Waals surface area contributed by atoms with E-state index in [-0.39, 0.29) is 0 Å². The van der Waals surface area contributed by atoms with Crippen molar-refractivity contribution >= 4 is 35.8 Å². The van der Waals surface area contributed by atoms with Gasteiger partial charge in [0.25, 0.3) is 0 Å². The number of anilines is 2. The van der Waals surface area contributed by atoms with Crippen LogP contribution in [0.3, 0.4) is 0 Å². The summed E-state index contributed by atoms with van der Waals surface area (Å²) in [6, 6.07) is 0. The lowest BCUT2D eigenvalue weighted by molar-refractivity contribution is 0.381. The molecule has 0 saturated carbocycles. The molecular formula is C13H22N2S2. The van der Waals surface area contributed by atoms with Crippen LogP contribution in [0.1, 0.15) is 34.1 Å². The Kier molecular flexibility index (Phi) is 4.67. The molecule has 96 valence electrons. The van der Waals surface area contributed by atoms with Crippen LogP contribution in [0.15, 0.2) is 0 Å². The Labute approximate surface area is 115 Å². The smallest absolute Gasteiger partial charge is 0.0834 e. The van der Waals surface area contributed by atoms with Crippen molar-refractivity contribution < 1.29 is 0 Å². The van der Waals surface area contributed by atoms with Crippen LogP contribution < -0.4 is 10.2 Å². The van der Waals surface area contributed by atoms with E-state index in [1.54, 1.807) is 0 Å². The molecule has 0 unspecified atom stereocenters. The summed E-state index contributed by atoms with van der Waals surface area (Å²) in [6.07, 6.45) is 1.14. The highest BCUT2D eigenvalue weighted by molar-refractivity contribution is 7.74. The molecule has 0 radical (unpaired) electrons. The highest BCUT2D eigenvalue weighted by Crippen LogP contribution is 2.35. The second-order valence-electron chi connectivity index (χ2n) is 5.64. The van der Waals surface area contributed by atoms with Gasteiger partial charge in [0.1, 0.15) is 0 Å². The zero-order valence-electron chi connectivity index (χ0n) is 11.4. The summed E-state index contributed by atoms with van der Waals surface area (Å²) in [7, 11) is 2.09. The molecule has 1 rings (SSSR count). The van der Waals surface area contributed by atoms with Crippen LogP contribution in [0.25, 0.3) is 0 Å². The van der Waals surface area contributed by atoms with Crippen molar-refractivity contribution in [3.05, 3.63) is 9.02 Å². The fourth-order valence-electron chi connectivity index (χ4n) is 1.70. The van der Waals surface area contributed by atoms with E-state index in [0.29, 0.717) is 5.41 Å². The van der Waals surface area contributed by atoms with Crippen molar-refractivity contribution in [2.24, 2.45) is 5.41 Å². The van der Waals surface area contributed by atoms with Crippen LogP contribution in [0, 0.1) is 14.4 Å². The molecule has 1 N–H and O–H groups in total. The van der Waals surface area contributed by atoms with Gasteiger partial charge in [-0.15, -0.1) is 0 Å². The van der Waals surface area contributed by atoms with Crippen molar-refractivity contribution in [1.29, 1.82) is 0 Å². The normalized spacial score (nSPS) is 11.8. The van der Waals surface area contributed by atoms with E-state index in [1.807, 2.05) is 0 Å². The van der Waals surface area contributed by atoms with Crippen molar-refractivity contribution in [3.63, 3.8) is 0 Å². The molecule has 0 fully saturated rings. The average Bonchev–Trinajstić information content (AvgIpc) is 2.24. The van der Waals surface area contributed by atoms with E-state index in [9.17, 15) is 0 Å². The lowest BCUT2D eigenvalue weighted by atomic mass is 9.92. The summed E-state index contributed by atoms with van der Waals surface area (Å²) < 4.78 is 1.66. The summed E-state index contributed by atoms with van der Waals surface area (Å²) in [6.45, 7) is 10.7. The first-order chi connectivity index (χ1) is 7.78. The average molecular weight is 270 g/mol. The molecule has 0 aliphatic rings. The number of nitrogens with zero attached hydrogens (tertiary/aromatic N) is 1. The Hall–Kier alpha value is -0.480. The lowest BCUT2D eigenvalue weighted by Crippen LogP contribution is -2.25. The molecule has 0 atom stereocenters. The first-order valence-corrected chi connectivity index (χ1v) is 6.88. The highest BCUT2D eigenvalue weighted by atomic mass is 32.1. The Balaban J connectivity index is 2.76. The minimum Gasteiger partial charge on any atom is -0.382 e. The van der Waals surface area contributed by atoms with Gasteiger partial charge >= 0.3 is 0 Å². The largest absolute Gasteiger partial charge is 0.382 e. The van der Waals surface area contributed by atoms with Gasteiger partial charge in [-0.05, 0) is 18.8 Å². The third kappa shape index (κ3) is 3.49. The summed E-state index contributed by atoms with van der Waals surface area (Å²) >= 11 is 10.6. The number of rotatable bonds is 5. The molecule has 17 heavy (non-hydrogen) atoms. The van der Waals surface area contributed by atoms with Crippen molar-refractivity contribution in [3.8, 4) is 0 Å². The van der Waals surface area contributed by atoms with Crippen molar-refractivity contribution in [2.45, 2.75) is 34.1 Å². The molecule has 2 nitrogen and oxygen atoms in total. The van der Waals surface area contributed by atoms with Crippen LogP contribution in [0.2, 0.25) is 0 Å². The number of nitrogens with one attached hydrogen (secondary N) is 1. The molecule has 4 heteroatoms. The van der Waals surface area contributed by atoms with Crippen molar-refractivity contribution in [2.75, 3.05) is 30.4 Å². The van der Waals surface area contributed by atoms with E-state index in [4.69, 9.17) is 24.4 Å². The molecule has 0 heterocycles. The third-order valence-electron chi connectivity index (χ3n) is 2.82. The van der Waals surface area contributed by atoms with Crippen LogP contribution in [-0.4, -0.2) is 20.1 Å². The second kappa shape index (κ2) is 5.44. The van der Waals surface area contributed by atoms with Gasteiger partial charge in [0, 0.05) is 20.1 Å². The molecule has 0 bridgehead atoms. The topological polar surface area (TPSA) is 15.3 Å². The Bertz CT molecular complexity index is 450. The van der Waals surface area contributed by atoms with Crippen molar-refractivity contribution in [1.82, 2.24) is 0 Å². The predicted octanol–water partition coefficient (Wildman–Crippen LogP) is 4.33. The minimum absolute atomic E-state index is 0.346. The van der Waals surface area contributed by atoms with Gasteiger partial charge in [-0.2, -0.15) is 0 Å². The first-order valence-electron chi connectivity index (χ1n) is 6.06. The SMILES string of the molecule is CCNc1c(N(C)CCC(C)(C)C)c(=S)c1=S. The molecule has 0 spiro atoms. The van der Waals surface area contributed by atoms with Gasteiger partial charge in [-0.3, -0.25) is 0 Å². The quantitative estimate of drug-likeness (QED) is 0.801. The van der Waals surface area contributed by atoms with E-state index in [1.165, 1.54) is 0 Å². The number of hydrogen-bond acceptors (Lipinski definition) is 4. The van der Waals surface area contributed by atoms with Gasteiger partial charge in [-0.25, -0.2) is 0 Å². The summed E-state index contributed by atoms with van der Waals surface area (Å²) in [5, 5.41) is 3.30. The van der Waals surface area contributed by atoms with Gasteiger partial charge in [-0.1, -0.05) is 45.2 Å². The molecular weight excluding hydrogens is 248 g/mol. The lowest BCUT2D eigenvalue weighted by Gasteiger charge is -2.28. The summed E-state index contributed by atoms with van der Waals surface area (Å²) in [5.74, 6) is 0. The second-order valence-corrected chi connectivity index (χ2v) is 6.46. The van der Waals surface area contributed by atoms with Crippen LogP contribution in [0.5, 0.6) is 0 Å². The van der Waals surface area contributed by atoms with E-state index in [0.717, 1.165) is 39.9 Å². The van der Waals surface area contributed by atoms with Crippen LogP contribution >= 0.6 is 24.4 Å². The molecule has 0 aromatic heterocycles. The van der Waals surface area contributed by atoms with Gasteiger partial charge < -0.3 is 10.2 Å². The Morgan fingerprint density at radius 2 is 1.76 bits per heavy atom. The summed E-state index contributed by atoms with van der Waals surface area (Å²) in [4.78, 5) is 2.22. The molecule has 0 saturated heterocycles. The molecule has 1 aromatic rings. The molecule has 0 aliphatic heterocycles. The molecule has 1 aromatic carbocycles. The van der Waals surface area contributed by atoms with Gasteiger partial charge in [0.2, 0.25) is 0 Å². The number of hydrogen-bond donors (Lipinski definition) is 1. The fraction of sp³-hybridized carbons (Fsp3) is 0.692. The maximum Gasteiger partial charge on any atom is 0.0834 e. The van der Waals surface area contributed by atoms with E-state index < -0.39 is 0 Å². The summed E-state index contributed by atoms with van der Waals surface area (Å²) in [5.41, 5.74) is 2.53.